The summed E-state index contributed by atoms with van der Waals surface area (Å²) in [6.07, 6.45) is -0.130. The monoisotopic (exact) mass is 1020 g/mol. The smallest absolute Gasteiger partial charge is 0.406 e. The Bertz CT molecular complexity index is 3520. The predicted molar refractivity (Wildman–Crippen MR) is 274 cm³/mol. The van der Waals surface area contributed by atoms with E-state index >= 15 is 0 Å². The third kappa shape index (κ3) is 12.2. The summed E-state index contributed by atoms with van der Waals surface area (Å²) in [7, 11) is 0. The number of carbonyl (C=O) groups is 1. The summed E-state index contributed by atoms with van der Waals surface area (Å²) in [5.41, 5.74) is 9.88. The highest BCUT2D eigenvalue weighted by Crippen LogP contribution is 2.36. The van der Waals surface area contributed by atoms with Crippen LogP contribution in [0.1, 0.15) is 18.1 Å². The lowest BCUT2D eigenvalue weighted by Gasteiger charge is -2.17. The molecule has 0 bridgehead atoms. The van der Waals surface area contributed by atoms with Gasteiger partial charge in [0.2, 0.25) is 0 Å². The van der Waals surface area contributed by atoms with Crippen LogP contribution in [0.25, 0.3) is 56.4 Å². The Labute approximate surface area is 423 Å². The Balaban J connectivity index is 0.825. The molecular formula is C54H38F6N10O3S. The number of nitrogens with zero attached hydrogens (tertiary/aromatic N) is 6. The van der Waals surface area contributed by atoms with Gasteiger partial charge in [-0.05, 0) is 156 Å². The number of nitrogens with one attached hydrogen (secondary N) is 4. The molecule has 370 valence electrons. The summed E-state index contributed by atoms with van der Waals surface area (Å²) in [5, 5.41) is 21.5. The number of alkyl halides is 6. The van der Waals surface area contributed by atoms with Crippen LogP contribution >= 0.6 is 12.2 Å². The third-order valence-corrected chi connectivity index (χ3v) is 11.4. The van der Waals surface area contributed by atoms with E-state index in [1.54, 1.807) is 30.3 Å². The van der Waals surface area contributed by atoms with Crippen molar-refractivity contribution < 1.29 is 40.6 Å². The number of urea groups is 1. The van der Waals surface area contributed by atoms with Crippen molar-refractivity contribution in [2.45, 2.75) is 26.1 Å². The zero-order chi connectivity index (χ0) is 52.0. The van der Waals surface area contributed by atoms with Crippen molar-refractivity contribution in [1.82, 2.24) is 29.5 Å². The highest BCUT2D eigenvalue weighted by Gasteiger charge is 2.32. The van der Waals surface area contributed by atoms with Crippen LogP contribution in [0.2, 0.25) is 0 Å². The number of amides is 2. The van der Waals surface area contributed by atoms with Gasteiger partial charge >= 0.3 is 18.8 Å². The number of thiocarbonyl (C=S) groups is 1. The maximum Gasteiger partial charge on any atom is 0.573 e. The highest BCUT2D eigenvalue weighted by atomic mass is 32.1. The van der Waals surface area contributed by atoms with Crippen molar-refractivity contribution in [3.05, 3.63) is 182 Å². The standard InChI is InChI=1S/C54H38F6N10O3S/c1-3-33-9-10-38(30-48(33)65-51(71)63-39-16-11-35(12-17-39)49-61-31-69(67-49)41-20-24-43(25-21-41)72-53(55,56)57)37-15-28-45(34(4-2)29-37)46-7-5-6-8-47(46)66-52(74)64-40-18-13-36(14-19-40)50-62-32-70(68-50)42-22-26-44(27-23-42)73-54(58,59)60/h1,5-32H,4H2,2H3,(H2,63,65,71)(H2,64,66,74). The minimum absolute atomic E-state index is 0.340. The number of rotatable bonds is 13. The molecule has 7 aromatic carbocycles. The quantitative estimate of drug-likeness (QED) is 0.0500. The molecule has 4 N–H and O–H groups in total. The van der Waals surface area contributed by atoms with Crippen molar-refractivity contribution in [3.63, 3.8) is 0 Å². The van der Waals surface area contributed by atoms with Gasteiger partial charge in [0.1, 0.15) is 24.2 Å². The molecule has 0 spiro atoms. The van der Waals surface area contributed by atoms with Crippen LogP contribution in [0.4, 0.5) is 53.9 Å². The number of hydrogen-bond acceptors (Lipinski definition) is 8. The van der Waals surface area contributed by atoms with Crippen LogP contribution in [-0.4, -0.2) is 53.4 Å². The number of para-hydroxylation sites is 1. The van der Waals surface area contributed by atoms with Crippen molar-refractivity contribution >= 4 is 46.1 Å². The molecule has 0 aliphatic rings. The van der Waals surface area contributed by atoms with Crippen LogP contribution in [0.3, 0.4) is 0 Å². The molecule has 9 rings (SSSR count). The van der Waals surface area contributed by atoms with E-state index in [9.17, 15) is 31.1 Å². The molecule has 2 aromatic heterocycles. The first-order valence-electron chi connectivity index (χ1n) is 22.3. The fourth-order valence-electron chi connectivity index (χ4n) is 7.72. The molecular weight excluding hydrogens is 983 g/mol. The lowest BCUT2D eigenvalue weighted by atomic mass is 9.92. The number of halogens is 6. The number of aromatic nitrogens is 6. The van der Waals surface area contributed by atoms with Gasteiger partial charge in [-0.25, -0.2) is 24.1 Å². The molecule has 0 unspecified atom stereocenters. The Morgan fingerprint density at radius 3 is 1.61 bits per heavy atom. The normalized spacial score (nSPS) is 11.3. The lowest BCUT2D eigenvalue weighted by molar-refractivity contribution is -0.275. The average molecular weight is 1020 g/mol. The molecule has 2 amide bonds. The summed E-state index contributed by atoms with van der Waals surface area (Å²) in [4.78, 5) is 22.0. The van der Waals surface area contributed by atoms with Gasteiger partial charge in [-0.2, -0.15) is 0 Å². The summed E-state index contributed by atoms with van der Waals surface area (Å²) in [6, 6.07) is 43.5. The van der Waals surface area contributed by atoms with Gasteiger partial charge in [0.25, 0.3) is 0 Å². The maximum absolute atomic E-state index is 13.3. The molecule has 0 aliphatic carbocycles. The van der Waals surface area contributed by atoms with Gasteiger partial charge < -0.3 is 30.7 Å². The number of ether oxygens (including phenoxy) is 2. The van der Waals surface area contributed by atoms with E-state index in [4.69, 9.17) is 18.6 Å². The second-order valence-corrected chi connectivity index (χ2v) is 16.5. The van der Waals surface area contributed by atoms with E-state index in [1.807, 2.05) is 72.8 Å². The minimum Gasteiger partial charge on any atom is -0.406 e. The number of aryl methyl sites for hydroxylation is 1. The van der Waals surface area contributed by atoms with E-state index < -0.39 is 18.8 Å². The predicted octanol–water partition coefficient (Wildman–Crippen LogP) is 13.3. The van der Waals surface area contributed by atoms with Crippen LogP contribution in [0, 0.1) is 12.3 Å². The first-order valence-corrected chi connectivity index (χ1v) is 22.7. The second-order valence-electron chi connectivity index (χ2n) is 16.1. The Kier molecular flexibility index (Phi) is 14.1. The van der Waals surface area contributed by atoms with E-state index in [-0.39, 0.29) is 11.5 Å². The van der Waals surface area contributed by atoms with Gasteiger partial charge in [0, 0.05) is 39.3 Å². The molecule has 0 saturated heterocycles. The van der Waals surface area contributed by atoms with Crippen molar-refractivity contribution in [1.29, 1.82) is 0 Å². The first-order chi connectivity index (χ1) is 35.6. The van der Waals surface area contributed by atoms with Gasteiger partial charge in [-0.1, -0.05) is 55.3 Å². The van der Waals surface area contributed by atoms with Gasteiger partial charge in [0.15, 0.2) is 16.8 Å². The van der Waals surface area contributed by atoms with E-state index in [2.05, 4.69) is 69.8 Å². The van der Waals surface area contributed by atoms with E-state index in [1.165, 1.54) is 70.5 Å². The van der Waals surface area contributed by atoms with Gasteiger partial charge in [-0.3, -0.25) is 0 Å². The summed E-state index contributed by atoms with van der Waals surface area (Å²) in [6.45, 7) is 2.07. The lowest BCUT2D eigenvalue weighted by Crippen LogP contribution is -2.20. The fourth-order valence-corrected chi connectivity index (χ4v) is 7.95. The van der Waals surface area contributed by atoms with Gasteiger partial charge in [0.05, 0.1) is 17.1 Å². The van der Waals surface area contributed by atoms with Crippen molar-refractivity contribution in [3.8, 4) is 80.2 Å². The van der Waals surface area contributed by atoms with Crippen LogP contribution in [0.5, 0.6) is 11.5 Å². The zero-order valence-corrected chi connectivity index (χ0v) is 39.4. The molecule has 9 aromatic rings. The third-order valence-electron chi connectivity index (χ3n) is 11.2. The van der Waals surface area contributed by atoms with E-state index in [0.717, 1.165) is 33.5 Å². The first kappa shape index (κ1) is 49.5. The Morgan fingerprint density at radius 2 is 1.08 bits per heavy atom. The molecule has 2 heterocycles. The minimum atomic E-state index is -4.80. The largest absolute Gasteiger partial charge is 0.573 e. The molecule has 0 saturated carbocycles. The van der Waals surface area contributed by atoms with E-state index in [0.29, 0.717) is 68.3 Å². The highest BCUT2D eigenvalue weighted by molar-refractivity contribution is 7.80. The fraction of sp³-hybridized carbons (Fsp3) is 0.0741. The summed E-state index contributed by atoms with van der Waals surface area (Å²) < 4.78 is 86.2. The van der Waals surface area contributed by atoms with Crippen LogP contribution in [-0.2, 0) is 6.42 Å². The number of anilines is 4. The Hall–Kier alpha value is -9.48. The second kappa shape index (κ2) is 21.1. The molecule has 0 radical (unpaired) electrons. The molecule has 0 fully saturated rings. The maximum atomic E-state index is 13.3. The summed E-state index contributed by atoms with van der Waals surface area (Å²) in [5.74, 6) is 2.71. The summed E-state index contributed by atoms with van der Waals surface area (Å²) >= 11 is 5.75. The number of hydrogen-bond donors (Lipinski definition) is 4. The molecule has 13 nitrogen and oxygen atoms in total. The average Bonchev–Trinajstić information content (AvgIpc) is 4.09. The number of carbonyl (C=O) groups excluding carboxylic acids is 1. The Morgan fingerprint density at radius 1 is 0.581 bits per heavy atom. The van der Waals surface area contributed by atoms with Crippen molar-refractivity contribution in [2.24, 2.45) is 0 Å². The van der Waals surface area contributed by atoms with Crippen LogP contribution < -0.4 is 30.7 Å². The SMILES string of the molecule is C#Cc1ccc(-c2ccc(-c3ccccc3NC(=S)Nc3ccc(-c4ncn(-c5ccc(OC(F)(F)F)cc5)n4)cc3)c(CC)c2)cc1NC(=O)Nc1ccc(-c2ncn(-c3ccc(OC(F)(F)F)cc3)n2)cc1. The van der Waals surface area contributed by atoms with Crippen LogP contribution in [0.15, 0.2) is 170 Å². The molecule has 20 heteroatoms. The van der Waals surface area contributed by atoms with Crippen molar-refractivity contribution in [2.75, 3.05) is 21.3 Å². The molecule has 0 atom stereocenters. The van der Waals surface area contributed by atoms with Gasteiger partial charge in [-0.15, -0.1) is 43.0 Å². The number of terminal acetylenes is 1. The molecule has 74 heavy (non-hydrogen) atoms. The molecule has 0 aliphatic heterocycles. The number of benzene rings is 7. The topological polar surface area (TPSA) is 145 Å². The zero-order valence-electron chi connectivity index (χ0n) is 38.5.